The fraction of sp³-hybridized carbons (Fsp3) is 0.696. The molecular weight excluding hydrogens is 436 g/mol. The van der Waals surface area contributed by atoms with Crippen LogP contribution in [-0.4, -0.2) is 63.9 Å². The number of rotatable bonds is 11. The lowest BCUT2D eigenvalue weighted by Gasteiger charge is -2.31. The van der Waals surface area contributed by atoms with Crippen LogP contribution in [0.15, 0.2) is 12.1 Å². The minimum Gasteiger partial charge on any atom is -0.480 e. The summed E-state index contributed by atoms with van der Waals surface area (Å²) >= 11 is 0. The van der Waals surface area contributed by atoms with Crippen molar-refractivity contribution < 1.29 is 33.4 Å². The van der Waals surface area contributed by atoms with Gasteiger partial charge >= 0.3 is 11.9 Å². The van der Waals surface area contributed by atoms with E-state index in [0.29, 0.717) is 19.3 Å². The van der Waals surface area contributed by atoms with Crippen LogP contribution in [-0.2, 0) is 27.3 Å². The summed E-state index contributed by atoms with van der Waals surface area (Å²) in [6.45, 7) is 0.686. The van der Waals surface area contributed by atoms with Gasteiger partial charge in [0.2, 0.25) is 5.92 Å². The van der Waals surface area contributed by atoms with Gasteiger partial charge in [-0.1, -0.05) is 6.07 Å². The van der Waals surface area contributed by atoms with Gasteiger partial charge < -0.3 is 20.4 Å². The van der Waals surface area contributed by atoms with Crippen LogP contribution in [0.1, 0.15) is 62.6 Å². The lowest BCUT2D eigenvalue weighted by atomic mass is 9.87. The maximum atomic E-state index is 13.4. The highest BCUT2D eigenvalue weighted by molar-refractivity contribution is 5.75. The number of carboxylic acids is 1. The number of carbonyl (C=O) groups is 2. The molecule has 8 nitrogen and oxygen atoms in total. The molecular formula is C23H33F2N3O5. The van der Waals surface area contributed by atoms with Gasteiger partial charge in [0, 0.05) is 38.2 Å². The summed E-state index contributed by atoms with van der Waals surface area (Å²) in [6.07, 6.45) is 3.17. The number of aliphatic hydroxyl groups is 1. The van der Waals surface area contributed by atoms with E-state index in [1.165, 1.54) is 5.56 Å². The Balaban J connectivity index is 1.55. The fourth-order valence-corrected chi connectivity index (χ4v) is 4.33. The Morgan fingerprint density at radius 3 is 2.73 bits per heavy atom. The topological polar surface area (TPSA) is 112 Å². The number of unbranched alkanes of at least 4 members (excludes halogenated alkanes) is 1. The van der Waals surface area contributed by atoms with Crippen molar-refractivity contribution >= 4 is 17.8 Å². The van der Waals surface area contributed by atoms with Gasteiger partial charge in [0.15, 0.2) is 0 Å². The Morgan fingerprint density at radius 1 is 1.27 bits per heavy atom. The summed E-state index contributed by atoms with van der Waals surface area (Å²) in [7, 11) is 0. The molecule has 1 aliphatic carbocycles. The number of carbonyl (C=O) groups excluding carboxylic acids is 1. The zero-order valence-electron chi connectivity index (χ0n) is 18.8. The number of aliphatic hydroxyl groups excluding tert-OH is 1. The highest BCUT2D eigenvalue weighted by atomic mass is 19.3. The molecule has 0 amide bonds. The van der Waals surface area contributed by atoms with E-state index >= 15 is 0 Å². The molecule has 0 spiro atoms. The molecule has 1 atom stereocenters. The van der Waals surface area contributed by atoms with Gasteiger partial charge in [-0.3, -0.25) is 9.59 Å². The average molecular weight is 470 g/mol. The molecule has 1 aromatic heterocycles. The van der Waals surface area contributed by atoms with E-state index in [9.17, 15) is 28.6 Å². The number of hydroxylamine groups is 2. The number of hydrogen-bond donors (Lipinski definition) is 3. The summed E-state index contributed by atoms with van der Waals surface area (Å²) in [5.74, 6) is -4.42. The number of alkyl halides is 2. The van der Waals surface area contributed by atoms with E-state index in [4.69, 9.17) is 4.84 Å². The van der Waals surface area contributed by atoms with Gasteiger partial charge in [0.05, 0.1) is 5.92 Å². The molecule has 1 saturated carbocycles. The van der Waals surface area contributed by atoms with Gasteiger partial charge in [-0.15, -0.1) is 5.06 Å². The number of aromatic nitrogens is 1. The van der Waals surface area contributed by atoms with Crippen molar-refractivity contribution in [2.45, 2.75) is 76.2 Å². The number of fused-ring (bicyclic) bond motifs is 1. The predicted octanol–water partition coefficient (Wildman–Crippen LogP) is 3.18. The van der Waals surface area contributed by atoms with E-state index in [1.807, 2.05) is 6.07 Å². The molecule has 33 heavy (non-hydrogen) atoms. The number of aliphatic carboxylic acids is 1. The van der Waals surface area contributed by atoms with Crippen molar-refractivity contribution in [1.29, 1.82) is 0 Å². The van der Waals surface area contributed by atoms with Crippen molar-refractivity contribution in [2.24, 2.45) is 5.92 Å². The summed E-state index contributed by atoms with van der Waals surface area (Å²) < 4.78 is 26.8. The lowest BCUT2D eigenvalue weighted by Crippen LogP contribution is -2.45. The molecule has 1 aliphatic heterocycles. The third kappa shape index (κ3) is 7.33. The number of hydrogen-bond acceptors (Lipinski definition) is 7. The molecule has 184 valence electrons. The molecule has 0 saturated heterocycles. The predicted molar refractivity (Wildman–Crippen MR) is 117 cm³/mol. The zero-order valence-corrected chi connectivity index (χ0v) is 18.8. The Hall–Kier alpha value is -2.33. The molecule has 2 aliphatic rings. The summed E-state index contributed by atoms with van der Waals surface area (Å²) in [5, 5.41) is 23.2. The molecule has 1 aromatic rings. The van der Waals surface area contributed by atoms with E-state index in [1.54, 1.807) is 0 Å². The summed E-state index contributed by atoms with van der Waals surface area (Å²) in [4.78, 5) is 34.3. The van der Waals surface area contributed by atoms with Crippen molar-refractivity contribution in [3.63, 3.8) is 0 Å². The second kappa shape index (κ2) is 11.7. The molecule has 3 N–H and O–H groups in total. The van der Waals surface area contributed by atoms with E-state index < -0.39 is 29.8 Å². The third-order valence-corrected chi connectivity index (χ3v) is 6.31. The molecule has 0 aromatic carbocycles. The van der Waals surface area contributed by atoms with Gasteiger partial charge in [-0.2, -0.15) is 0 Å². The van der Waals surface area contributed by atoms with Crippen LogP contribution in [0.3, 0.4) is 0 Å². The minimum atomic E-state index is -2.77. The number of nitrogens with one attached hydrogen (secondary N) is 1. The number of carboxylic acid groups (broad SMARTS) is 1. The highest BCUT2D eigenvalue weighted by Gasteiger charge is 2.39. The lowest BCUT2D eigenvalue weighted by molar-refractivity contribution is -0.214. The average Bonchev–Trinajstić information content (AvgIpc) is 2.79. The van der Waals surface area contributed by atoms with Crippen LogP contribution in [0.4, 0.5) is 14.6 Å². The number of aryl methyl sites for hydroxylation is 2. The van der Waals surface area contributed by atoms with Crippen molar-refractivity contribution in [3.05, 3.63) is 23.4 Å². The molecule has 10 heteroatoms. The number of pyridine rings is 1. The normalized spacial score (nSPS) is 18.9. The summed E-state index contributed by atoms with van der Waals surface area (Å²) in [5.41, 5.74) is 2.14. The Bertz CT molecular complexity index is 813. The van der Waals surface area contributed by atoms with Crippen molar-refractivity contribution in [1.82, 2.24) is 10.0 Å². The van der Waals surface area contributed by atoms with Crippen LogP contribution in [0.5, 0.6) is 0 Å². The second-order valence-electron chi connectivity index (χ2n) is 8.85. The van der Waals surface area contributed by atoms with E-state index in [-0.39, 0.29) is 45.3 Å². The fourth-order valence-electron chi connectivity index (χ4n) is 4.33. The number of halogens is 2. The monoisotopic (exact) mass is 469 g/mol. The largest absolute Gasteiger partial charge is 0.480 e. The van der Waals surface area contributed by atoms with Crippen LogP contribution < -0.4 is 5.32 Å². The van der Waals surface area contributed by atoms with Gasteiger partial charge in [-0.05, 0) is 63.0 Å². The molecule has 0 radical (unpaired) electrons. The van der Waals surface area contributed by atoms with Gasteiger partial charge in [-0.25, -0.2) is 13.8 Å². The van der Waals surface area contributed by atoms with Crippen LogP contribution >= 0.6 is 0 Å². The quantitative estimate of drug-likeness (QED) is 0.335. The summed E-state index contributed by atoms with van der Waals surface area (Å²) in [6, 6.07) is 2.87. The van der Waals surface area contributed by atoms with Crippen LogP contribution in [0.2, 0.25) is 0 Å². The van der Waals surface area contributed by atoms with Crippen LogP contribution in [0.25, 0.3) is 0 Å². The first-order valence-electron chi connectivity index (χ1n) is 11.7. The SMILES string of the molecule is O=C(ON(CCCCc1ccc2c(n1)NCCC2)[C@@H](CCO)C(=O)O)C1CCC(F)(F)CC1. The molecule has 2 heterocycles. The van der Waals surface area contributed by atoms with Gasteiger partial charge in [0.25, 0.3) is 0 Å². The number of nitrogens with zero attached hydrogens (tertiary/aromatic N) is 2. The molecule has 1 fully saturated rings. The number of anilines is 1. The molecule has 3 rings (SSSR count). The standard InChI is InChI=1S/C23H33F2N3O5/c24-23(25)11-8-17(9-12-23)22(32)33-28(19(10-15-29)21(30)31)14-2-1-5-18-7-6-16-4-3-13-26-20(16)27-18/h6-7,17,19,29H,1-5,8-15H2,(H,26,27)(H,30,31)/t19-/m0/s1. The maximum absolute atomic E-state index is 13.4. The Labute approximate surface area is 192 Å². The van der Waals surface area contributed by atoms with Crippen LogP contribution in [0, 0.1) is 5.92 Å². The molecule has 0 unspecified atom stereocenters. The first-order chi connectivity index (χ1) is 15.8. The molecule has 0 bridgehead atoms. The minimum absolute atomic E-state index is 0.00937. The van der Waals surface area contributed by atoms with E-state index in [2.05, 4.69) is 16.4 Å². The smallest absolute Gasteiger partial charge is 0.328 e. The third-order valence-electron chi connectivity index (χ3n) is 6.31. The Kier molecular flexibility index (Phi) is 8.96. The first-order valence-corrected chi connectivity index (χ1v) is 11.7. The highest BCUT2D eigenvalue weighted by Crippen LogP contribution is 2.36. The van der Waals surface area contributed by atoms with Crippen molar-refractivity contribution in [3.8, 4) is 0 Å². The first kappa shape index (κ1) is 25.3. The van der Waals surface area contributed by atoms with E-state index in [0.717, 1.165) is 36.0 Å². The van der Waals surface area contributed by atoms with Gasteiger partial charge in [0.1, 0.15) is 11.9 Å². The van der Waals surface area contributed by atoms with Crippen molar-refractivity contribution in [2.75, 3.05) is 25.0 Å². The zero-order chi connectivity index (χ0) is 23.8. The second-order valence-corrected chi connectivity index (χ2v) is 8.85. The Morgan fingerprint density at radius 2 is 2.03 bits per heavy atom. The maximum Gasteiger partial charge on any atom is 0.328 e.